The molecular weight excluding hydrogens is 356 g/mol. The Morgan fingerprint density at radius 1 is 1.21 bits per heavy atom. The smallest absolute Gasteiger partial charge is 0.270 e. The number of nitrogen functional groups attached to an aromatic ring is 1. The summed E-state index contributed by atoms with van der Waals surface area (Å²) in [7, 11) is 0. The summed E-state index contributed by atoms with van der Waals surface area (Å²) in [6.07, 6.45) is -0.686. The molecule has 1 aliphatic rings. The van der Waals surface area contributed by atoms with Crippen LogP contribution in [0.25, 0.3) is 0 Å². The maximum Gasteiger partial charge on any atom is 0.270 e. The van der Waals surface area contributed by atoms with Crippen molar-refractivity contribution in [1.29, 1.82) is 0 Å². The van der Waals surface area contributed by atoms with Crippen LogP contribution < -0.4 is 20.7 Å². The van der Waals surface area contributed by atoms with E-state index in [1.165, 1.54) is 4.90 Å². The Balaban J connectivity index is 1.95. The van der Waals surface area contributed by atoms with Gasteiger partial charge >= 0.3 is 0 Å². The van der Waals surface area contributed by atoms with Crippen LogP contribution in [0.5, 0.6) is 5.75 Å². The number of rotatable bonds is 4. The van der Waals surface area contributed by atoms with E-state index in [0.717, 1.165) is 16.8 Å². The van der Waals surface area contributed by atoms with E-state index in [-0.39, 0.29) is 29.4 Å². The fourth-order valence-electron chi connectivity index (χ4n) is 3.18. The lowest BCUT2D eigenvalue weighted by Gasteiger charge is -2.37. The van der Waals surface area contributed by atoms with E-state index in [1.54, 1.807) is 19.1 Å². The lowest BCUT2D eigenvalue weighted by molar-refractivity contribution is -0.130. The summed E-state index contributed by atoms with van der Waals surface area (Å²) in [6, 6.07) is 8.22. The third-order valence-electron chi connectivity index (χ3n) is 5.06. The second-order valence-electron chi connectivity index (χ2n) is 7.46. The molecule has 28 heavy (non-hydrogen) atoms. The highest BCUT2D eigenvalue weighted by Gasteiger charge is 2.41. The van der Waals surface area contributed by atoms with Crippen LogP contribution in [0.2, 0.25) is 0 Å². The molecule has 1 aliphatic heterocycles. The summed E-state index contributed by atoms with van der Waals surface area (Å²) in [5.74, 6) is 0.301. The number of carbonyl (C=O) groups is 2. The molecule has 2 aromatic rings. The molecule has 0 spiro atoms. The molecule has 0 fully saturated rings. The largest absolute Gasteiger partial charge is 0.476 e. The Morgan fingerprint density at radius 2 is 1.93 bits per heavy atom. The van der Waals surface area contributed by atoms with Gasteiger partial charge in [0.05, 0.1) is 0 Å². The average Bonchev–Trinajstić information content (AvgIpc) is 2.64. The van der Waals surface area contributed by atoms with Gasteiger partial charge in [0.25, 0.3) is 5.91 Å². The number of pyridine rings is 1. The number of ether oxygens (including phenoxy) is 1. The number of aryl methyl sites for hydroxylation is 1. The van der Waals surface area contributed by atoms with Crippen molar-refractivity contribution in [2.75, 3.05) is 16.0 Å². The highest BCUT2D eigenvalue weighted by atomic mass is 16.5. The molecule has 2 amide bonds. The molecular formula is C21H26N4O3. The van der Waals surface area contributed by atoms with Gasteiger partial charge in [-0.2, -0.15) is 0 Å². The van der Waals surface area contributed by atoms with Gasteiger partial charge in [0.2, 0.25) is 5.91 Å². The highest BCUT2D eigenvalue weighted by molar-refractivity contribution is 6.07. The van der Waals surface area contributed by atoms with Crippen LogP contribution in [0.1, 0.15) is 31.9 Å². The van der Waals surface area contributed by atoms with Gasteiger partial charge in [0.1, 0.15) is 11.9 Å². The number of aromatic nitrogens is 1. The zero-order valence-electron chi connectivity index (χ0n) is 16.8. The number of nitrogens with zero attached hydrogens (tertiary/aromatic N) is 2. The second kappa shape index (κ2) is 7.50. The molecule has 2 heterocycles. The summed E-state index contributed by atoms with van der Waals surface area (Å²) in [5.41, 5.74) is 8.60. The lowest BCUT2D eigenvalue weighted by Crippen LogP contribution is -2.55. The van der Waals surface area contributed by atoms with Crippen molar-refractivity contribution in [2.24, 2.45) is 5.92 Å². The number of hydrogen-bond acceptors (Lipinski definition) is 5. The zero-order valence-corrected chi connectivity index (χ0v) is 16.8. The van der Waals surface area contributed by atoms with Gasteiger partial charge in [-0.05, 0) is 56.0 Å². The minimum absolute atomic E-state index is 0.0602. The van der Waals surface area contributed by atoms with Crippen LogP contribution in [0, 0.1) is 19.8 Å². The molecule has 3 rings (SSSR count). The van der Waals surface area contributed by atoms with Crippen molar-refractivity contribution >= 4 is 29.1 Å². The second-order valence-corrected chi connectivity index (χ2v) is 7.46. The fraction of sp³-hybridized carbons (Fsp3) is 0.381. The molecule has 3 N–H and O–H groups in total. The van der Waals surface area contributed by atoms with Gasteiger partial charge in [0, 0.05) is 5.69 Å². The summed E-state index contributed by atoms with van der Waals surface area (Å²) >= 11 is 0. The molecule has 0 radical (unpaired) electrons. The average molecular weight is 382 g/mol. The molecule has 1 aromatic carbocycles. The lowest BCUT2D eigenvalue weighted by atomic mass is 10.0. The van der Waals surface area contributed by atoms with E-state index in [1.807, 2.05) is 45.9 Å². The van der Waals surface area contributed by atoms with E-state index in [0.29, 0.717) is 5.75 Å². The SMILES string of the molecule is Cc1cccc(NC(=O)C(C)N2C(=O)C(C(C)C)Oc3ccc(N)nc32)c1C. The number of nitrogens with two attached hydrogens (primary N) is 1. The van der Waals surface area contributed by atoms with Crippen molar-refractivity contribution in [3.63, 3.8) is 0 Å². The Bertz CT molecular complexity index is 926. The van der Waals surface area contributed by atoms with Crippen molar-refractivity contribution in [2.45, 2.75) is 46.8 Å². The van der Waals surface area contributed by atoms with Gasteiger partial charge in [-0.15, -0.1) is 0 Å². The molecule has 0 saturated carbocycles. The van der Waals surface area contributed by atoms with Gasteiger partial charge in [-0.1, -0.05) is 26.0 Å². The minimum Gasteiger partial charge on any atom is -0.476 e. The van der Waals surface area contributed by atoms with Crippen LogP contribution >= 0.6 is 0 Å². The molecule has 0 aliphatic carbocycles. The van der Waals surface area contributed by atoms with Crippen LogP contribution in [0.4, 0.5) is 17.3 Å². The monoisotopic (exact) mass is 382 g/mol. The fourth-order valence-corrected chi connectivity index (χ4v) is 3.18. The molecule has 7 heteroatoms. The predicted molar refractivity (Wildman–Crippen MR) is 109 cm³/mol. The third-order valence-corrected chi connectivity index (χ3v) is 5.06. The number of hydrogen-bond donors (Lipinski definition) is 2. The van der Waals surface area contributed by atoms with E-state index in [9.17, 15) is 9.59 Å². The first-order valence-electron chi connectivity index (χ1n) is 9.34. The molecule has 0 bridgehead atoms. The summed E-state index contributed by atoms with van der Waals surface area (Å²) in [6.45, 7) is 9.41. The first kappa shape index (κ1) is 19.7. The summed E-state index contributed by atoms with van der Waals surface area (Å²) < 4.78 is 5.83. The molecule has 1 aromatic heterocycles. The van der Waals surface area contributed by atoms with Crippen molar-refractivity contribution in [3.8, 4) is 5.75 Å². The first-order chi connectivity index (χ1) is 13.2. The number of fused-ring (bicyclic) bond motifs is 1. The number of carbonyl (C=O) groups excluding carboxylic acids is 2. The summed E-state index contributed by atoms with van der Waals surface area (Å²) in [4.78, 5) is 31.7. The van der Waals surface area contributed by atoms with E-state index < -0.39 is 12.1 Å². The maximum absolute atomic E-state index is 13.1. The minimum atomic E-state index is -0.786. The van der Waals surface area contributed by atoms with Crippen molar-refractivity contribution < 1.29 is 14.3 Å². The van der Waals surface area contributed by atoms with E-state index in [2.05, 4.69) is 10.3 Å². The van der Waals surface area contributed by atoms with Crippen LogP contribution in [-0.4, -0.2) is 28.9 Å². The molecule has 2 atom stereocenters. The number of amides is 2. The number of nitrogens with one attached hydrogen (secondary N) is 1. The Kier molecular flexibility index (Phi) is 5.27. The van der Waals surface area contributed by atoms with E-state index >= 15 is 0 Å². The van der Waals surface area contributed by atoms with Gasteiger partial charge in [0.15, 0.2) is 17.7 Å². The zero-order chi connectivity index (χ0) is 20.6. The predicted octanol–water partition coefficient (Wildman–Crippen LogP) is 3.06. The molecule has 148 valence electrons. The Morgan fingerprint density at radius 3 is 2.61 bits per heavy atom. The maximum atomic E-state index is 13.1. The number of anilines is 3. The standard InChI is InChI=1S/C21H26N4O3/c1-11(2)18-21(27)25(19-16(28-18)9-10-17(22)24-19)14(5)20(26)23-15-8-6-7-12(3)13(15)4/h6-11,14,18H,1-5H3,(H2,22,24)(H,23,26). The van der Waals surface area contributed by atoms with Gasteiger partial charge < -0.3 is 15.8 Å². The van der Waals surface area contributed by atoms with Crippen molar-refractivity contribution in [3.05, 3.63) is 41.5 Å². The molecule has 2 unspecified atom stereocenters. The first-order valence-corrected chi connectivity index (χ1v) is 9.34. The quantitative estimate of drug-likeness (QED) is 0.847. The van der Waals surface area contributed by atoms with Crippen molar-refractivity contribution in [1.82, 2.24) is 4.98 Å². The topological polar surface area (TPSA) is 97.5 Å². The van der Waals surface area contributed by atoms with Gasteiger partial charge in [-0.25, -0.2) is 4.98 Å². The third kappa shape index (κ3) is 3.52. The normalized spacial score (nSPS) is 17.1. The van der Waals surface area contributed by atoms with Crippen LogP contribution in [-0.2, 0) is 9.59 Å². The van der Waals surface area contributed by atoms with Crippen LogP contribution in [0.15, 0.2) is 30.3 Å². The van der Waals surface area contributed by atoms with E-state index in [4.69, 9.17) is 10.5 Å². The summed E-state index contributed by atoms with van der Waals surface area (Å²) in [5, 5.41) is 2.93. The molecule has 7 nitrogen and oxygen atoms in total. The van der Waals surface area contributed by atoms with Crippen LogP contribution in [0.3, 0.4) is 0 Å². The highest BCUT2D eigenvalue weighted by Crippen LogP contribution is 2.36. The Hall–Kier alpha value is -3.09. The Labute approximate surface area is 164 Å². The molecule has 0 saturated heterocycles. The number of benzene rings is 1. The van der Waals surface area contributed by atoms with Gasteiger partial charge in [-0.3, -0.25) is 14.5 Å².